The minimum Gasteiger partial charge on any atom is -0.439 e. The number of nitrogens with zero attached hydrogens (tertiary/aromatic N) is 2. The van der Waals surface area contributed by atoms with Crippen LogP contribution in [0.4, 0.5) is 13.2 Å². The van der Waals surface area contributed by atoms with E-state index in [2.05, 4.69) is 20.6 Å². The highest BCUT2D eigenvalue weighted by Gasteiger charge is 2.09. The summed E-state index contributed by atoms with van der Waals surface area (Å²) in [4.78, 5) is 8.25. The second kappa shape index (κ2) is 9.59. The molecule has 0 unspecified atom stereocenters. The van der Waals surface area contributed by atoms with Crippen molar-refractivity contribution in [2.45, 2.75) is 13.1 Å². The van der Waals surface area contributed by atoms with Crippen LogP contribution in [0.15, 0.2) is 65.8 Å². The van der Waals surface area contributed by atoms with Gasteiger partial charge in [0.25, 0.3) is 0 Å². The first-order chi connectivity index (χ1) is 14.0. The maximum Gasteiger partial charge on any atom is 0.224 e. The molecule has 0 radical (unpaired) electrons. The van der Waals surface area contributed by atoms with E-state index in [4.69, 9.17) is 4.74 Å². The molecule has 0 saturated heterocycles. The molecule has 0 fully saturated rings. The van der Waals surface area contributed by atoms with Gasteiger partial charge in [0.15, 0.2) is 5.96 Å². The Kier molecular flexibility index (Phi) is 6.67. The highest BCUT2D eigenvalue weighted by atomic mass is 19.1. The number of aromatic nitrogens is 1. The first kappa shape index (κ1) is 20.2. The quantitative estimate of drug-likeness (QED) is 0.482. The molecule has 0 saturated carbocycles. The van der Waals surface area contributed by atoms with Crippen LogP contribution >= 0.6 is 0 Å². The van der Waals surface area contributed by atoms with Crippen LogP contribution in [0.25, 0.3) is 0 Å². The summed E-state index contributed by atoms with van der Waals surface area (Å²) in [5.41, 5.74) is 0.890. The number of aliphatic imine (C=N–C) groups is 1. The van der Waals surface area contributed by atoms with Crippen LogP contribution in [-0.4, -0.2) is 18.0 Å². The van der Waals surface area contributed by atoms with Crippen molar-refractivity contribution < 1.29 is 17.9 Å². The third-order valence-electron chi connectivity index (χ3n) is 3.98. The zero-order chi connectivity index (χ0) is 20.6. The predicted molar refractivity (Wildman–Crippen MR) is 104 cm³/mol. The molecule has 0 aliphatic carbocycles. The van der Waals surface area contributed by atoms with Crippen LogP contribution in [0.1, 0.15) is 11.1 Å². The first-order valence-electron chi connectivity index (χ1n) is 8.81. The summed E-state index contributed by atoms with van der Waals surface area (Å²) in [5.74, 6) is -0.402. The Morgan fingerprint density at radius 3 is 2.45 bits per heavy atom. The number of rotatable bonds is 6. The van der Waals surface area contributed by atoms with Gasteiger partial charge >= 0.3 is 0 Å². The maximum atomic E-state index is 13.7. The van der Waals surface area contributed by atoms with Gasteiger partial charge in [0.2, 0.25) is 5.88 Å². The Balaban J connectivity index is 1.63. The van der Waals surface area contributed by atoms with Gasteiger partial charge in [0.05, 0.1) is 0 Å². The minimum absolute atomic E-state index is 0.0585. The predicted octanol–water partition coefficient (Wildman–Crippen LogP) is 4.16. The van der Waals surface area contributed by atoms with E-state index in [-0.39, 0.29) is 12.1 Å². The molecule has 3 rings (SSSR count). The molecule has 2 N–H and O–H groups in total. The van der Waals surface area contributed by atoms with Crippen molar-refractivity contribution in [3.8, 4) is 11.6 Å². The summed E-state index contributed by atoms with van der Waals surface area (Å²) < 4.78 is 46.1. The number of hydrogen-bond donors (Lipinski definition) is 2. The van der Waals surface area contributed by atoms with Gasteiger partial charge in [-0.1, -0.05) is 12.1 Å². The second-order valence-corrected chi connectivity index (χ2v) is 6.04. The van der Waals surface area contributed by atoms with Crippen LogP contribution in [0.3, 0.4) is 0 Å². The van der Waals surface area contributed by atoms with Gasteiger partial charge in [-0.05, 0) is 36.4 Å². The van der Waals surface area contributed by atoms with Crippen LogP contribution in [0, 0.1) is 17.5 Å². The fourth-order valence-corrected chi connectivity index (χ4v) is 2.55. The van der Waals surface area contributed by atoms with Gasteiger partial charge in [0, 0.05) is 43.5 Å². The standard InChI is InChI=1S/C21H19F3N4O/c1-25-21(28-13-15-10-17(23)7-8-19(15)24)27-12-14-4-3-9-26-20(14)29-18-6-2-5-16(22)11-18/h2-11H,12-13H2,1H3,(H2,25,27,28). The lowest BCUT2D eigenvalue weighted by Crippen LogP contribution is -2.36. The number of halogens is 3. The maximum absolute atomic E-state index is 13.7. The highest BCUT2D eigenvalue weighted by Crippen LogP contribution is 2.23. The number of benzene rings is 2. The summed E-state index contributed by atoms with van der Waals surface area (Å²) in [6.07, 6.45) is 1.57. The largest absolute Gasteiger partial charge is 0.439 e. The van der Waals surface area contributed by atoms with Crippen LogP contribution < -0.4 is 15.4 Å². The molecule has 5 nitrogen and oxygen atoms in total. The molecule has 3 aromatic rings. The summed E-state index contributed by atoms with van der Waals surface area (Å²) >= 11 is 0. The lowest BCUT2D eigenvalue weighted by Gasteiger charge is -2.14. The number of guanidine groups is 1. The number of ether oxygens (including phenoxy) is 1. The van der Waals surface area contributed by atoms with Crippen molar-refractivity contribution in [2.75, 3.05) is 7.05 Å². The Labute approximate surface area is 166 Å². The van der Waals surface area contributed by atoms with Gasteiger partial charge in [0.1, 0.15) is 23.2 Å². The molecule has 1 heterocycles. The number of nitrogens with one attached hydrogen (secondary N) is 2. The van der Waals surface area contributed by atoms with E-state index in [0.29, 0.717) is 29.7 Å². The summed E-state index contributed by atoms with van der Waals surface area (Å²) in [6, 6.07) is 12.6. The minimum atomic E-state index is -0.513. The summed E-state index contributed by atoms with van der Waals surface area (Å²) in [6.45, 7) is 0.354. The third-order valence-corrected chi connectivity index (χ3v) is 3.98. The molecule has 2 aromatic carbocycles. The van der Waals surface area contributed by atoms with E-state index in [9.17, 15) is 13.2 Å². The molecule has 0 amide bonds. The molecular weight excluding hydrogens is 381 g/mol. The Hall–Kier alpha value is -3.55. The number of hydrogen-bond acceptors (Lipinski definition) is 3. The fraction of sp³-hybridized carbons (Fsp3) is 0.143. The van der Waals surface area contributed by atoms with E-state index in [0.717, 1.165) is 18.2 Å². The third kappa shape index (κ3) is 5.71. The van der Waals surface area contributed by atoms with Crippen molar-refractivity contribution in [2.24, 2.45) is 4.99 Å². The zero-order valence-electron chi connectivity index (χ0n) is 15.6. The van der Waals surface area contributed by atoms with Gasteiger partial charge in [-0.3, -0.25) is 4.99 Å². The van der Waals surface area contributed by atoms with Gasteiger partial charge in [-0.25, -0.2) is 18.2 Å². The Morgan fingerprint density at radius 1 is 0.931 bits per heavy atom. The molecule has 1 aromatic heterocycles. The van der Waals surface area contributed by atoms with Crippen LogP contribution in [0.2, 0.25) is 0 Å². The van der Waals surface area contributed by atoms with Gasteiger partial charge in [-0.15, -0.1) is 0 Å². The molecule has 0 aliphatic rings. The molecule has 29 heavy (non-hydrogen) atoms. The van der Waals surface area contributed by atoms with E-state index in [1.54, 1.807) is 37.5 Å². The molecule has 0 spiro atoms. The van der Waals surface area contributed by atoms with Gasteiger partial charge < -0.3 is 15.4 Å². The average Bonchev–Trinajstić information content (AvgIpc) is 2.71. The van der Waals surface area contributed by atoms with Crippen molar-refractivity contribution in [1.82, 2.24) is 15.6 Å². The summed E-state index contributed by atoms with van der Waals surface area (Å²) in [7, 11) is 1.56. The topological polar surface area (TPSA) is 58.5 Å². The normalized spacial score (nSPS) is 11.2. The van der Waals surface area contributed by atoms with Crippen LogP contribution in [-0.2, 0) is 13.1 Å². The second-order valence-electron chi connectivity index (χ2n) is 6.04. The molecule has 150 valence electrons. The zero-order valence-corrected chi connectivity index (χ0v) is 15.6. The van der Waals surface area contributed by atoms with Crippen molar-refractivity contribution >= 4 is 5.96 Å². The van der Waals surface area contributed by atoms with Crippen molar-refractivity contribution in [3.63, 3.8) is 0 Å². The molecule has 0 bridgehead atoms. The SMILES string of the molecule is CN=C(NCc1cc(F)ccc1F)NCc1cccnc1Oc1cccc(F)c1. The monoisotopic (exact) mass is 400 g/mol. The van der Waals surface area contributed by atoms with Gasteiger partial charge in [-0.2, -0.15) is 0 Å². The van der Waals surface area contributed by atoms with E-state index in [1.165, 1.54) is 12.1 Å². The summed E-state index contributed by atoms with van der Waals surface area (Å²) in [5, 5.41) is 5.98. The van der Waals surface area contributed by atoms with E-state index >= 15 is 0 Å². The lowest BCUT2D eigenvalue weighted by molar-refractivity contribution is 0.450. The molecule has 8 heteroatoms. The van der Waals surface area contributed by atoms with Crippen molar-refractivity contribution in [3.05, 3.63) is 89.4 Å². The molecular formula is C21H19F3N4O. The van der Waals surface area contributed by atoms with E-state index < -0.39 is 17.5 Å². The lowest BCUT2D eigenvalue weighted by atomic mass is 10.2. The van der Waals surface area contributed by atoms with E-state index in [1.807, 2.05) is 0 Å². The first-order valence-corrected chi connectivity index (χ1v) is 8.81. The average molecular weight is 400 g/mol. The van der Waals surface area contributed by atoms with Crippen LogP contribution in [0.5, 0.6) is 11.6 Å². The highest BCUT2D eigenvalue weighted by molar-refractivity contribution is 5.79. The number of pyridine rings is 1. The molecule has 0 aliphatic heterocycles. The molecule has 0 atom stereocenters. The fourth-order valence-electron chi connectivity index (χ4n) is 2.55. The Morgan fingerprint density at radius 2 is 1.69 bits per heavy atom. The Bertz CT molecular complexity index is 1010. The smallest absolute Gasteiger partial charge is 0.224 e. The van der Waals surface area contributed by atoms with Crippen molar-refractivity contribution in [1.29, 1.82) is 0 Å².